The highest BCUT2D eigenvalue weighted by molar-refractivity contribution is 5.83. The van der Waals surface area contributed by atoms with Gasteiger partial charge in [0, 0.05) is 32.0 Å². The molecule has 2 aliphatic heterocycles. The van der Waals surface area contributed by atoms with Crippen molar-refractivity contribution in [2.75, 3.05) is 13.1 Å². The zero-order valence-electron chi connectivity index (χ0n) is 11.3. The lowest BCUT2D eigenvalue weighted by Crippen LogP contribution is -2.59. The Bertz CT molecular complexity index is 535. The average molecular weight is 278 g/mol. The summed E-state index contributed by atoms with van der Waals surface area (Å²) in [6, 6.07) is -0.244. The first-order valence-electron chi connectivity index (χ1n) is 6.82. The van der Waals surface area contributed by atoms with Gasteiger partial charge in [-0.05, 0) is 0 Å². The molecule has 1 aromatic rings. The Morgan fingerprint density at radius 2 is 2.25 bits per heavy atom. The van der Waals surface area contributed by atoms with Crippen molar-refractivity contribution in [3.05, 3.63) is 17.7 Å². The minimum absolute atomic E-state index is 0.0486. The van der Waals surface area contributed by atoms with Crippen LogP contribution in [-0.2, 0) is 22.6 Å². The summed E-state index contributed by atoms with van der Waals surface area (Å²) in [5.41, 5.74) is 1.98. The number of likely N-dealkylation sites (tertiary alicyclic amines) is 1. The second kappa shape index (κ2) is 4.90. The number of rotatable bonds is 3. The van der Waals surface area contributed by atoms with Gasteiger partial charge in [-0.3, -0.25) is 14.9 Å². The van der Waals surface area contributed by atoms with E-state index in [1.54, 1.807) is 18.2 Å². The normalized spacial score (nSPS) is 23.9. The molecule has 3 heterocycles. The minimum Gasteiger partial charge on any atom is -0.481 e. The van der Waals surface area contributed by atoms with Crippen LogP contribution in [0, 0.1) is 11.8 Å². The predicted molar refractivity (Wildman–Crippen MR) is 69.8 cm³/mol. The van der Waals surface area contributed by atoms with Gasteiger partial charge in [0.25, 0.3) is 0 Å². The zero-order chi connectivity index (χ0) is 14.3. The van der Waals surface area contributed by atoms with Gasteiger partial charge >= 0.3 is 5.97 Å². The zero-order valence-corrected chi connectivity index (χ0v) is 11.3. The number of carbonyl (C=O) groups is 2. The molecule has 2 aliphatic rings. The summed E-state index contributed by atoms with van der Waals surface area (Å²) in [6.45, 7) is 3.40. The molecular weight excluding hydrogens is 260 g/mol. The number of amides is 1. The largest absolute Gasteiger partial charge is 0.481 e. The smallest absolute Gasteiger partial charge is 0.306 e. The number of nitrogens with zero attached hydrogens (tertiary/aromatic N) is 2. The molecule has 7 nitrogen and oxygen atoms in total. The van der Waals surface area contributed by atoms with Gasteiger partial charge in [0.2, 0.25) is 5.91 Å². The van der Waals surface area contributed by atoms with Gasteiger partial charge in [0.15, 0.2) is 0 Å². The van der Waals surface area contributed by atoms with Crippen molar-refractivity contribution in [3.8, 4) is 0 Å². The van der Waals surface area contributed by atoms with E-state index in [1.165, 1.54) is 0 Å². The van der Waals surface area contributed by atoms with Crippen LogP contribution >= 0.6 is 0 Å². The van der Waals surface area contributed by atoms with E-state index in [4.69, 9.17) is 5.11 Å². The number of aromatic amines is 1. The Labute approximate surface area is 116 Å². The molecule has 1 fully saturated rings. The molecule has 0 saturated carbocycles. The van der Waals surface area contributed by atoms with Crippen molar-refractivity contribution >= 4 is 11.9 Å². The highest BCUT2D eigenvalue weighted by atomic mass is 16.4. The molecule has 108 valence electrons. The summed E-state index contributed by atoms with van der Waals surface area (Å²) in [5, 5.41) is 12.1. The fraction of sp³-hybridized carbons (Fsp3) is 0.615. The third-order valence-electron chi connectivity index (χ3n) is 4.35. The first-order chi connectivity index (χ1) is 9.56. The number of imidazole rings is 1. The van der Waals surface area contributed by atoms with Gasteiger partial charge in [-0.1, -0.05) is 6.92 Å². The monoisotopic (exact) mass is 278 g/mol. The summed E-state index contributed by atoms with van der Waals surface area (Å²) in [6.07, 6.45) is 2.24. The van der Waals surface area contributed by atoms with E-state index >= 15 is 0 Å². The lowest BCUT2D eigenvalue weighted by atomic mass is 9.86. The third kappa shape index (κ3) is 2.18. The van der Waals surface area contributed by atoms with Gasteiger partial charge in [-0.2, -0.15) is 0 Å². The molecule has 2 atom stereocenters. The van der Waals surface area contributed by atoms with Crippen LogP contribution in [0.3, 0.4) is 0 Å². The van der Waals surface area contributed by atoms with E-state index in [9.17, 15) is 9.59 Å². The number of hydrogen-bond acceptors (Lipinski definition) is 4. The first kappa shape index (κ1) is 13.1. The van der Waals surface area contributed by atoms with Gasteiger partial charge in [-0.15, -0.1) is 0 Å². The summed E-state index contributed by atoms with van der Waals surface area (Å²) in [4.78, 5) is 32.2. The van der Waals surface area contributed by atoms with Crippen LogP contribution in [0.1, 0.15) is 18.3 Å². The highest BCUT2D eigenvalue weighted by Crippen LogP contribution is 2.25. The van der Waals surface area contributed by atoms with E-state index in [0.717, 1.165) is 11.4 Å². The molecule has 0 radical (unpaired) electrons. The fourth-order valence-electron chi connectivity index (χ4n) is 2.77. The first-order valence-corrected chi connectivity index (χ1v) is 6.82. The van der Waals surface area contributed by atoms with Crippen molar-refractivity contribution in [2.24, 2.45) is 11.8 Å². The van der Waals surface area contributed by atoms with Crippen LogP contribution in [0.5, 0.6) is 0 Å². The van der Waals surface area contributed by atoms with Gasteiger partial charge < -0.3 is 15.0 Å². The summed E-state index contributed by atoms with van der Waals surface area (Å²) < 4.78 is 0. The molecule has 1 aromatic heterocycles. The number of nitrogens with one attached hydrogen (secondary N) is 2. The molecule has 7 heteroatoms. The van der Waals surface area contributed by atoms with E-state index in [2.05, 4.69) is 15.3 Å². The van der Waals surface area contributed by atoms with E-state index in [1.807, 2.05) is 0 Å². The Kier molecular flexibility index (Phi) is 3.21. The lowest BCUT2D eigenvalue weighted by Gasteiger charge is -2.43. The number of carbonyl (C=O) groups excluding carboxylic acids is 1. The van der Waals surface area contributed by atoms with Crippen molar-refractivity contribution in [3.63, 3.8) is 0 Å². The molecule has 0 aliphatic carbocycles. The quantitative estimate of drug-likeness (QED) is 0.699. The number of aliphatic carboxylic acids is 1. The number of fused-ring (bicyclic) bond motifs is 1. The molecule has 1 saturated heterocycles. The number of H-pyrrole nitrogens is 1. The van der Waals surface area contributed by atoms with Crippen LogP contribution < -0.4 is 5.32 Å². The molecule has 2 unspecified atom stereocenters. The summed E-state index contributed by atoms with van der Waals surface area (Å²) >= 11 is 0. The summed E-state index contributed by atoms with van der Waals surface area (Å²) in [7, 11) is 0. The van der Waals surface area contributed by atoms with E-state index in [-0.39, 0.29) is 17.9 Å². The highest BCUT2D eigenvalue weighted by Gasteiger charge is 2.40. The molecule has 3 rings (SSSR count). The van der Waals surface area contributed by atoms with Crippen molar-refractivity contribution in [1.82, 2.24) is 20.2 Å². The van der Waals surface area contributed by atoms with E-state index in [0.29, 0.717) is 26.1 Å². The maximum absolute atomic E-state index is 12.3. The Morgan fingerprint density at radius 1 is 1.50 bits per heavy atom. The van der Waals surface area contributed by atoms with Gasteiger partial charge in [-0.25, -0.2) is 4.98 Å². The number of carboxylic acid groups (broad SMARTS) is 1. The Hall–Kier alpha value is -1.89. The topological polar surface area (TPSA) is 98.3 Å². The van der Waals surface area contributed by atoms with Crippen molar-refractivity contribution in [2.45, 2.75) is 25.9 Å². The Balaban J connectivity index is 1.56. The second-order valence-corrected chi connectivity index (χ2v) is 5.60. The third-order valence-corrected chi connectivity index (χ3v) is 4.35. The molecular formula is C13H18N4O3. The standard InChI is InChI=1S/C13H18N4O3/c1-7(13(19)20)8-4-17(5-8)12(18)10-2-9-11(3-14-10)16-6-15-9/h6-8,10,14H,2-5H2,1H3,(H,15,16)(H,19,20). The van der Waals surface area contributed by atoms with Crippen LogP contribution in [0.25, 0.3) is 0 Å². The van der Waals surface area contributed by atoms with Crippen molar-refractivity contribution < 1.29 is 14.7 Å². The maximum atomic E-state index is 12.3. The molecule has 20 heavy (non-hydrogen) atoms. The molecule has 0 spiro atoms. The number of carboxylic acids is 1. The van der Waals surface area contributed by atoms with Crippen LogP contribution in [0.2, 0.25) is 0 Å². The van der Waals surface area contributed by atoms with E-state index < -0.39 is 11.9 Å². The molecule has 3 N–H and O–H groups in total. The molecule has 0 bridgehead atoms. The van der Waals surface area contributed by atoms with Crippen LogP contribution in [0.15, 0.2) is 6.33 Å². The number of hydrogen-bond donors (Lipinski definition) is 3. The maximum Gasteiger partial charge on any atom is 0.306 e. The van der Waals surface area contributed by atoms with Gasteiger partial charge in [0.05, 0.1) is 29.7 Å². The average Bonchev–Trinajstić information content (AvgIpc) is 2.83. The molecule has 1 amide bonds. The number of aromatic nitrogens is 2. The second-order valence-electron chi connectivity index (χ2n) is 5.60. The minimum atomic E-state index is -0.793. The van der Waals surface area contributed by atoms with Crippen LogP contribution in [-0.4, -0.2) is 51.0 Å². The van der Waals surface area contributed by atoms with Crippen molar-refractivity contribution in [1.29, 1.82) is 0 Å². The SMILES string of the molecule is CC(C(=O)O)C1CN(C(=O)C2Cc3nc[nH]c3CN2)C1. The van der Waals surface area contributed by atoms with Crippen LogP contribution in [0.4, 0.5) is 0 Å². The molecule has 0 aromatic carbocycles. The predicted octanol–water partition coefficient (Wildman–Crippen LogP) is -0.397. The van der Waals surface area contributed by atoms with Gasteiger partial charge in [0.1, 0.15) is 0 Å². The fourth-order valence-corrected chi connectivity index (χ4v) is 2.77. The lowest BCUT2D eigenvalue weighted by molar-refractivity contribution is -0.151. The Morgan fingerprint density at radius 3 is 2.95 bits per heavy atom. The summed E-state index contributed by atoms with van der Waals surface area (Å²) in [5.74, 6) is -1.07.